The Labute approximate surface area is 245 Å². The Hall–Kier alpha value is -3.21. The smallest absolute Gasteiger partial charge is 0.203 e. The van der Waals surface area contributed by atoms with E-state index in [0.29, 0.717) is 0 Å². The van der Waals surface area contributed by atoms with Crippen LogP contribution in [0.4, 0.5) is 0 Å². The summed E-state index contributed by atoms with van der Waals surface area (Å²) >= 11 is 0. The minimum absolute atomic E-state index is 0.144. The zero-order chi connectivity index (χ0) is 31.3. The van der Waals surface area contributed by atoms with Gasteiger partial charge in [0.25, 0.3) is 0 Å². The van der Waals surface area contributed by atoms with Gasteiger partial charge in [-0.05, 0) is 36.5 Å². The molecule has 6 unspecified atom stereocenters. The summed E-state index contributed by atoms with van der Waals surface area (Å²) in [5.41, 5.74) is -0.150. The Morgan fingerprint density at radius 3 is 2.14 bits per heavy atom. The van der Waals surface area contributed by atoms with Crippen LogP contribution in [0.15, 0.2) is 30.3 Å². The quantitative estimate of drug-likeness (QED) is 0.180. The van der Waals surface area contributed by atoms with Crippen LogP contribution in [-0.2, 0) is 9.47 Å². The van der Waals surface area contributed by atoms with Crippen molar-refractivity contribution in [2.24, 2.45) is 11.8 Å². The van der Waals surface area contributed by atoms with Crippen molar-refractivity contribution in [2.45, 2.75) is 80.8 Å². The zero-order valence-corrected chi connectivity index (χ0v) is 23.0. The molecule has 10 N–H and O–H groups in total. The van der Waals surface area contributed by atoms with Gasteiger partial charge in [-0.2, -0.15) is 0 Å². The summed E-state index contributed by atoms with van der Waals surface area (Å²) in [6.45, 7) is 1.44. The van der Waals surface area contributed by atoms with E-state index in [0.717, 1.165) is 24.3 Å². The SMILES string of the molecule is CC1C[C@@H](OCC2C[C@@H](OC3C(=O)c4c(O)cc(O)cc4OC3c3ccc(O)c(O)c3)C(O)[C@@H](O)[C@H]2O)C(O)[C@@H](O)[C@H]1O. The third kappa shape index (κ3) is 5.84. The van der Waals surface area contributed by atoms with Gasteiger partial charge in [0.2, 0.25) is 5.78 Å². The number of hydrogen-bond acceptors (Lipinski definition) is 14. The molecule has 14 heteroatoms. The average molecular weight is 609 g/mol. The van der Waals surface area contributed by atoms with E-state index in [-0.39, 0.29) is 36.3 Å². The number of fused-ring (bicyclic) bond motifs is 1. The summed E-state index contributed by atoms with van der Waals surface area (Å²) in [6.07, 6.45) is -13.9. The van der Waals surface area contributed by atoms with Crippen LogP contribution >= 0.6 is 0 Å². The van der Waals surface area contributed by atoms with Crippen molar-refractivity contribution in [1.82, 2.24) is 0 Å². The average Bonchev–Trinajstić information content (AvgIpc) is 2.96. The standard InChI is InChI=1S/C29H36O14/c1-10-4-18(23(36)26(39)21(10)34)41-9-12-6-19(24(37)27(40)22(12)35)43-29-25(38)20-16(33)7-13(30)8-17(20)42-28(29)11-2-3-14(31)15(32)5-11/h2-3,5,7-8,10,12,18-19,21-24,26-37,39-40H,4,6,9H2,1H3/t10?,12?,18-,19-,21+,22+,23?,24?,26+,27+,28?,29?/m1/s1. The normalized spacial score (nSPS) is 37.9. The molecule has 2 aliphatic carbocycles. The highest BCUT2D eigenvalue weighted by Gasteiger charge is 2.49. The van der Waals surface area contributed by atoms with Gasteiger partial charge in [-0.3, -0.25) is 4.79 Å². The number of aromatic hydroxyl groups is 4. The molecule has 3 aliphatic rings. The molecule has 5 rings (SSSR count). The van der Waals surface area contributed by atoms with Gasteiger partial charge >= 0.3 is 0 Å². The topological polar surface area (TPSA) is 247 Å². The van der Waals surface area contributed by atoms with E-state index in [2.05, 4.69) is 0 Å². The van der Waals surface area contributed by atoms with Crippen molar-refractivity contribution in [3.63, 3.8) is 0 Å². The Bertz CT molecular complexity index is 1330. The van der Waals surface area contributed by atoms with Crippen molar-refractivity contribution in [1.29, 1.82) is 0 Å². The summed E-state index contributed by atoms with van der Waals surface area (Å²) in [6, 6.07) is 5.68. The summed E-state index contributed by atoms with van der Waals surface area (Å²) in [5.74, 6) is -4.20. The summed E-state index contributed by atoms with van der Waals surface area (Å²) in [7, 11) is 0. The van der Waals surface area contributed by atoms with Crippen molar-refractivity contribution in [2.75, 3.05) is 6.61 Å². The van der Waals surface area contributed by atoms with Gasteiger partial charge in [-0.15, -0.1) is 0 Å². The van der Waals surface area contributed by atoms with Gasteiger partial charge in [0.1, 0.15) is 47.2 Å². The predicted octanol–water partition coefficient (Wildman–Crippen LogP) is -0.811. The first-order valence-corrected chi connectivity index (χ1v) is 13.9. The number of phenols is 4. The number of ether oxygens (including phenoxy) is 3. The highest BCUT2D eigenvalue weighted by Crippen LogP contribution is 2.45. The van der Waals surface area contributed by atoms with Gasteiger partial charge < -0.3 is 65.3 Å². The van der Waals surface area contributed by atoms with E-state index < -0.39 is 102 Å². The lowest BCUT2D eigenvalue weighted by Crippen LogP contribution is -2.58. The Morgan fingerprint density at radius 2 is 1.44 bits per heavy atom. The molecule has 2 aromatic rings. The molecular weight excluding hydrogens is 572 g/mol. The largest absolute Gasteiger partial charge is 0.508 e. The number of carbonyl (C=O) groups excluding carboxylic acids is 1. The molecule has 0 amide bonds. The van der Waals surface area contributed by atoms with Crippen LogP contribution < -0.4 is 4.74 Å². The number of hydrogen-bond donors (Lipinski definition) is 10. The molecule has 43 heavy (non-hydrogen) atoms. The van der Waals surface area contributed by atoms with E-state index in [1.54, 1.807) is 6.92 Å². The number of ketones is 1. The van der Waals surface area contributed by atoms with E-state index in [4.69, 9.17) is 14.2 Å². The molecule has 2 aromatic carbocycles. The van der Waals surface area contributed by atoms with Crippen LogP contribution in [-0.4, -0.2) is 118 Å². The second-order valence-electron chi connectivity index (χ2n) is 11.6. The van der Waals surface area contributed by atoms with Crippen LogP contribution in [0.5, 0.6) is 28.7 Å². The van der Waals surface area contributed by atoms with Crippen molar-refractivity contribution in [3.8, 4) is 28.7 Å². The molecule has 12 atom stereocenters. The third-order valence-electron chi connectivity index (χ3n) is 8.64. The minimum Gasteiger partial charge on any atom is -0.508 e. The van der Waals surface area contributed by atoms with Crippen LogP contribution in [0, 0.1) is 11.8 Å². The molecule has 2 saturated carbocycles. The monoisotopic (exact) mass is 608 g/mol. The maximum atomic E-state index is 13.7. The Kier molecular flexibility index (Phi) is 8.75. The first-order chi connectivity index (χ1) is 20.3. The molecule has 236 valence electrons. The number of rotatable bonds is 6. The number of Topliss-reactive ketones (excluding diaryl/α,β-unsaturated/α-hetero) is 1. The highest BCUT2D eigenvalue weighted by atomic mass is 16.6. The molecule has 14 nitrogen and oxygen atoms in total. The lowest BCUT2D eigenvalue weighted by molar-refractivity contribution is -0.209. The fraction of sp³-hybridized carbons (Fsp3) is 0.552. The zero-order valence-electron chi connectivity index (χ0n) is 23.0. The second kappa shape index (κ2) is 12.1. The maximum Gasteiger partial charge on any atom is 0.203 e. The third-order valence-corrected chi connectivity index (χ3v) is 8.64. The highest BCUT2D eigenvalue weighted by molar-refractivity contribution is 6.05. The first-order valence-electron chi connectivity index (χ1n) is 13.9. The van der Waals surface area contributed by atoms with E-state index in [1.165, 1.54) is 6.07 Å². The molecule has 0 saturated heterocycles. The van der Waals surface area contributed by atoms with Crippen LogP contribution in [0.25, 0.3) is 0 Å². The number of carbonyl (C=O) groups is 1. The number of aliphatic hydroxyl groups is 6. The van der Waals surface area contributed by atoms with Crippen molar-refractivity contribution >= 4 is 5.78 Å². The van der Waals surface area contributed by atoms with Gasteiger partial charge in [-0.1, -0.05) is 13.0 Å². The van der Waals surface area contributed by atoms with Crippen LogP contribution in [0.1, 0.15) is 41.8 Å². The fourth-order valence-corrected chi connectivity index (χ4v) is 6.09. The lowest BCUT2D eigenvalue weighted by Gasteiger charge is -2.44. The van der Waals surface area contributed by atoms with Gasteiger partial charge in [0.15, 0.2) is 23.7 Å². The molecule has 2 fully saturated rings. The van der Waals surface area contributed by atoms with Gasteiger partial charge in [0, 0.05) is 18.1 Å². The number of benzene rings is 2. The minimum atomic E-state index is -1.73. The summed E-state index contributed by atoms with van der Waals surface area (Å²) < 4.78 is 17.8. The van der Waals surface area contributed by atoms with E-state index >= 15 is 0 Å². The first kappa shape index (κ1) is 31.2. The van der Waals surface area contributed by atoms with Gasteiger partial charge in [0.05, 0.1) is 31.0 Å². The predicted molar refractivity (Wildman–Crippen MR) is 144 cm³/mol. The lowest BCUT2D eigenvalue weighted by atomic mass is 9.80. The van der Waals surface area contributed by atoms with Crippen LogP contribution in [0.3, 0.4) is 0 Å². The molecule has 0 radical (unpaired) electrons. The van der Waals surface area contributed by atoms with E-state index in [1.807, 2.05) is 0 Å². The molecule has 0 aromatic heterocycles. The van der Waals surface area contributed by atoms with Crippen molar-refractivity contribution < 1.29 is 70.1 Å². The maximum absolute atomic E-state index is 13.7. The van der Waals surface area contributed by atoms with E-state index in [9.17, 15) is 55.9 Å². The Morgan fingerprint density at radius 1 is 0.767 bits per heavy atom. The number of aliphatic hydroxyl groups excluding tert-OH is 6. The number of phenolic OH excluding ortho intramolecular Hbond substituents is 4. The Balaban J connectivity index is 1.40. The molecular formula is C29H36O14. The van der Waals surface area contributed by atoms with Crippen LogP contribution in [0.2, 0.25) is 0 Å². The molecule has 1 aliphatic heterocycles. The van der Waals surface area contributed by atoms with Gasteiger partial charge in [-0.25, -0.2) is 0 Å². The molecule has 1 heterocycles. The summed E-state index contributed by atoms with van der Waals surface area (Å²) in [5, 5.41) is 103. The van der Waals surface area contributed by atoms with Crippen molar-refractivity contribution in [3.05, 3.63) is 41.5 Å². The molecule has 0 spiro atoms. The molecule has 0 bridgehead atoms. The summed E-state index contributed by atoms with van der Waals surface area (Å²) in [4.78, 5) is 13.7. The fourth-order valence-electron chi connectivity index (χ4n) is 6.09. The second-order valence-corrected chi connectivity index (χ2v) is 11.6.